The molecule has 0 spiro atoms. The fraction of sp³-hybridized carbons (Fsp3) is 0.182. The summed E-state index contributed by atoms with van der Waals surface area (Å²) in [5, 5.41) is 4.55. The smallest absolute Gasteiger partial charge is 0.119 e. The minimum atomic E-state index is 0.300. The molecule has 0 unspecified atom stereocenters. The predicted octanol–water partition coefficient (Wildman–Crippen LogP) is 8.80. The molecular weight excluding hydrogens is 476 g/mol. The molecule has 1 heterocycles. The maximum Gasteiger partial charge on any atom is 0.119 e. The van der Waals surface area contributed by atoms with Crippen molar-refractivity contribution in [3.8, 4) is 5.75 Å². The molecule has 4 heteroatoms. The topological polar surface area (TPSA) is 33.6 Å². The zero-order valence-electron chi connectivity index (χ0n) is 20.8. The Labute approximate surface area is 223 Å². The van der Waals surface area contributed by atoms with Gasteiger partial charge in [-0.3, -0.25) is 4.99 Å². The average Bonchev–Trinajstić information content (AvgIpc) is 3.43. The highest BCUT2D eigenvalue weighted by molar-refractivity contribution is 6.30. The van der Waals surface area contributed by atoms with Crippen LogP contribution in [0.3, 0.4) is 0 Å². The summed E-state index contributed by atoms with van der Waals surface area (Å²) in [6.45, 7) is 2.68. The molecule has 0 radical (unpaired) electrons. The molecule has 4 aromatic rings. The van der Waals surface area contributed by atoms with E-state index in [1.807, 2.05) is 54.7 Å². The Kier molecular flexibility index (Phi) is 6.55. The van der Waals surface area contributed by atoms with Crippen LogP contribution in [0.25, 0.3) is 0 Å². The average molecular weight is 505 g/mol. The van der Waals surface area contributed by atoms with Gasteiger partial charge in [-0.15, -0.1) is 0 Å². The number of rotatable bonds is 6. The number of aliphatic imine (C=N–C) groups is 1. The van der Waals surface area contributed by atoms with Crippen molar-refractivity contribution in [2.24, 2.45) is 10.9 Å². The van der Waals surface area contributed by atoms with Gasteiger partial charge in [0.2, 0.25) is 0 Å². The summed E-state index contributed by atoms with van der Waals surface area (Å²) >= 11 is 5.95. The first kappa shape index (κ1) is 23.6. The molecule has 0 saturated carbocycles. The summed E-state index contributed by atoms with van der Waals surface area (Å²) in [7, 11) is 0. The normalized spacial score (nSPS) is 19.9. The van der Waals surface area contributed by atoms with Gasteiger partial charge in [-0.1, -0.05) is 65.7 Å². The summed E-state index contributed by atoms with van der Waals surface area (Å²) in [4.78, 5) is 4.70. The Balaban J connectivity index is 1.10. The molecule has 0 amide bonds. The van der Waals surface area contributed by atoms with Crippen LogP contribution in [0.5, 0.6) is 5.75 Å². The number of benzene rings is 4. The Morgan fingerprint density at radius 2 is 1.73 bits per heavy atom. The van der Waals surface area contributed by atoms with E-state index in [1.54, 1.807) is 0 Å². The highest BCUT2D eigenvalue weighted by Crippen LogP contribution is 2.50. The van der Waals surface area contributed by atoms with Gasteiger partial charge in [-0.25, -0.2) is 0 Å². The van der Waals surface area contributed by atoms with Gasteiger partial charge in [0.05, 0.1) is 11.7 Å². The molecule has 184 valence electrons. The second-order valence-electron chi connectivity index (χ2n) is 9.90. The van der Waals surface area contributed by atoms with Crippen LogP contribution in [-0.2, 0) is 6.61 Å². The summed E-state index contributed by atoms with van der Waals surface area (Å²) in [5.41, 5.74) is 8.37. The molecule has 0 bridgehead atoms. The first-order valence-electron chi connectivity index (χ1n) is 12.8. The van der Waals surface area contributed by atoms with E-state index in [1.165, 1.54) is 22.4 Å². The maximum absolute atomic E-state index is 5.95. The standard InChI is InChI=1S/C33H29ClN2O/c1-22-5-18-32-31(19-22)29-3-2-4-30(29)33(36-32)25-10-14-27(15-11-25)35-20-23-8-16-28(17-9-23)37-21-24-6-12-26(34)13-7-24/h2-3,5-20,29-30,33,36H,4,21H2,1H3/t29-,30+,33+/m1/s1. The lowest BCUT2D eigenvalue weighted by Crippen LogP contribution is -2.29. The Hall–Kier alpha value is -3.82. The van der Waals surface area contributed by atoms with Crippen molar-refractivity contribution in [2.45, 2.75) is 31.9 Å². The number of nitrogens with zero attached hydrogens (tertiary/aromatic N) is 1. The molecule has 4 aromatic carbocycles. The number of hydrogen-bond donors (Lipinski definition) is 1. The fourth-order valence-electron chi connectivity index (χ4n) is 5.36. The van der Waals surface area contributed by atoms with E-state index < -0.39 is 0 Å². The van der Waals surface area contributed by atoms with Crippen molar-refractivity contribution in [1.29, 1.82) is 0 Å². The zero-order valence-corrected chi connectivity index (χ0v) is 21.5. The van der Waals surface area contributed by atoms with E-state index in [0.29, 0.717) is 24.5 Å². The number of anilines is 1. The van der Waals surface area contributed by atoms with Crippen molar-refractivity contribution in [2.75, 3.05) is 5.32 Å². The van der Waals surface area contributed by atoms with Crippen molar-refractivity contribution in [1.82, 2.24) is 0 Å². The summed E-state index contributed by atoms with van der Waals surface area (Å²) in [6, 6.07) is 31.4. The van der Waals surface area contributed by atoms with Crippen molar-refractivity contribution >= 4 is 29.2 Å². The molecule has 0 fully saturated rings. The SMILES string of the molecule is Cc1ccc2c(c1)[C@@H]1C=CC[C@@H]1[C@H](c1ccc(N=Cc3ccc(OCc4ccc(Cl)cc4)cc3)cc1)N2. The lowest BCUT2D eigenvalue weighted by Gasteiger charge is -2.37. The van der Waals surface area contributed by atoms with Gasteiger partial charge in [0.15, 0.2) is 0 Å². The van der Waals surface area contributed by atoms with Crippen molar-refractivity contribution < 1.29 is 4.74 Å². The van der Waals surface area contributed by atoms with Gasteiger partial charge in [0.1, 0.15) is 12.4 Å². The van der Waals surface area contributed by atoms with Gasteiger partial charge in [-0.05, 0) is 96.1 Å². The molecule has 2 aliphatic rings. The van der Waals surface area contributed by atoms with E-state index in [9.17, 15) is 0 Å². The number of halogens is 1. The second kappa shape index (κ2) is 10.3. The van der Waals surface area contributed by atoms with Crippen molar-refractivity contribution in [3.05, 3.63) is 136 Å². The van der Waals surface area contributed by atoms with Gasteiger partial charge in [0.25, 0.3) is 0 Å². The molecule has 1 aliphatic carbocycles. The van der Waals surface area contributed by atoms with E-state index in [4.69, 9.17) is 21.3 Å². The second-order valence-corrected chi connectivity index (χ2v) is 10.3. The highest BCUT2D eigenvalue weighted by atomic mass is 35.5. The number of hydrogen-bond acceptors (Lipinski definition) is 3. The molecule has 6 rings (SSSR count). The third-order valence-corrected chi connectivity index (χ3v) is 7.58. The molecule has 1 N–H and O–H groups in total. The van der Waals surface area contributed by atoms with E-state index in [2.05, 4.69) is 66.9 Å². The molecule has 3 nitrogen and oxygen atoms in total. The van der Waals surface area contributed by atoms with E-state index >= 15 is 0 Å². The first-order valence-corrected chi connectivity index (χ1v) is 13.2. The lowest BCUT2D eigenvalue weighted by atomic mass is 9.76. The number of fused-ring (bicyclic) bond motifs is 3. The summed E-state index contributed by atoms with van der Waals surface area (Å²) < 4.78 is 5.88. The number of aryl methyl sites for hydroxylation is 1. The van der Waals surface area contributed by atoms with Crippen LogP contribution in [0.15, 0.2) is 108 Å². The van der Waals surface area contributed by atoms with Gasteiger partial charge in [0, 0.05) is 22.8 Å². The molecule has 3 atom stereocenters. The third kappa shape index (κ3) is 5.19. The van der Waals surface area contributed by atoms with Crippen LogP contribution < -0.4 is 10.1 Å². The highest BCUT2D eigenvalue weighted by Gasteiger charge is 2.37. The Morgan fingerprint density at radius 1 is 0.946 bits per heavy atom. The number of allylic oxidation sites excluding steroid dienone is 2. The first-order chi connectivity index (χ1) is 18.1. The lowest BCUT2D eigenvalue weighted by molar-refractivity contribution is 0.306. The molecule has 37 heavy (non-hydrogen) atoms. The third-order valence-electron chi connectivity index (χ3n) is 7.33. The largest absolute Gasteiger partial charge is 0.489 e. The molecular formula is C33H29ClN2O. The van der Waals surface area contributed by atoms with Crippen LogP contribution in [0.1, 0.15) is 46.2 Å². The molecule has 0 aromatic heterocycles. The van der Waals surface area contributed by atoms with Gasteiger partial charge < -0.3 is 10.1 Å². The summed E-state index contributed by atoms with van der Waals surface area (Å²) in [5.74, 6) is 1.86. The van der Waals surface area contributed by atoms with Crippen LogP contribution in [0, 0.1) is 12.8 Å². The predicted molar refractivity (Wildman–Crippen MR) is 153 cm³/mol. The van der Waals surface area contributed by atoms with Gasteiger partial charge in [-0.2, -0.15) is 0 Å². The minimum Gasteiger partial charge on any atom is -0.489 e. The van der Waals surface area contributed by atoms with Crippen LogP contribution in [-0.4, -0.2) is 6.21 Å². The van der Waals surface area contributed by atoms with Crippen LogP contribution in [0.2, 0.25) is 5.02 Å². The van der Waals surface area contributed by atoms with Crippen LogP contribution in [0.4, 0.5) is 11.4 Å². The minimum absolute atomic E-state index is 0.300. The Morgan fingerprint density at radius 3 is 2.51 bits per heavy atom. The van der Waals surface area contributed by atoms with E-state index in [0.717, 1.165) is 34.0 Å². The molecule has 1 aliphatic heterocycles. The van der Waals surface area contributed by atoms with Crippen LogP contribution >= 0.6 is 11.6 Å². The quantitative estimate of drug-likeness (QED) is 0.210. The van der Waals surface area contributed by atoms with E-state index in [-0.39, 0.29) is 0 Å². The molecule has 0 saturated heterocycles. The summed E-state index contributed by atoms with van der Waals surface area (Å²) in [6.07, 6.45) is 7.74. The van der Waals surface area contributed by atoms with Crippen molar-refractivity contribution in [3.63, 3.8) is 0 Å². The number of ether oxygens (including phenoxy) is 1. The number of nitrogens with one attached hydrogen (secondary N) is 1. The fourth-order valence-corrected chi connectivity index (χ4v) is 5.48. The Bertz CT molecular complexity index is 1440. The maximum atomic E-state index is 5.95. The zero-order chi connectivity index (χ0) is 25.2. The monoisotopic (exact) mass is 504 g/mol. The van der Waals surface area contributed by atoms with Gasteiger partial charge >= 0.3 is 0 Å².